The number of hydrogen-bond acceptors (Lipinski definition) is 6. The van der Waals surface area contributed by atoms with Crippen molar-refractivity contribution in [2.24, 2.45) is 0 Å². The molecule has 0 radical (unpaired) electrons. The minimum Gasteiger partial charge on any atom is -0.378 e. The van der Waals surface area contributed by atoms with Crippen LogP contribution in [0.1, 0.15) is 11.1 Å². The smallest absolute Gasteiger partial charge is 0.378 e. The number of morpholine rings is 1. The average molecular weight is 435 g/mol. The Bertz CT molecular complexity index is 875. The number of benzene rings is 1. The van der Waals surface area contributed by atoms with Gasteiger partial charge < -0.3 is 19.4 Å². The van der Waals surface area contributed by atoms with Crippen molar-refractivity contribution >= 4 is 17.5 Å². The Morgan fingerprint density at radius 1 is 0.839 bits per heavy atom. The summed E-state index contributed by atoms with van der Waals surface area (Å²) in [4.78, 5) is 18.5. The van der Waals surface area contributed by atoms with E-state index in [1.54, 1.807) is 4.90 Å². The van der Waals surface area contributed by atoms with Crippen LogP contribution >= 0.6 is 0 Å². The summed E-state index contributed by atoms with van der Waals surface area (Å²) in [5, 5.41) is 8.67. The van der Waals surface area contributed by atoms with Gasteiger partial charge in [-0.2, -0.15) is 13.2 Å². The maximum Gasteiger partial charge on any atom is 0.416 e. The number of rotatable bonds is 4. The molecule has 1 amide bonds. The van der Waals surface area contributed by atoms with Gasteiger partial charge in [0, 0.05) is 39.3 Å². The zero-order chi connectivity index (χ0) is 21.8. The highest BCUT2D eigenvalue weighted by Gasteiger charge is 2.30. The standard InChI is InChI=1S/C21H24F3N5O2/c22-21(23,24)17-3-1-16(2-4-17)15-20(30)29-9-7-27(8-10-29)18-5-6-19(26-25-18)28-11-13-31-14-12-28/h1-6H,7-15H2. The summed E-state index contributed by atoms with van der Waals surface area (Å²) in [5.74, 6) is 1.51. The quantitative estimate of drug-likeness (QED) is 0.734. The van der Waals surface area contributed by atoms with E-state index in [9.17, 15) is 18.0 Å². The Morgan fingerprint density at radius 2 is 1.39 bits per heavy atom. The van der Waals surface area contributed by atoms with Crippen molar-refractivity contribution in [2.45, 2.75) is 12.6 Å². The van der Waals surface area contributed by atoms with Crippen LogP contribution in [-0.4, -0.2) is 73.5 Å². The Balaban J connectivity index is 1.28. The maximum atomic E-state index is 12.7. The third-order valence-corrected chi connectivity index (χ3v) is 5.56. The number of piperazine rings is 1. The fourth-order valence-electron chi connectivity index (χ4n) is 3.73. The van der Waals surface area contributed by atoms with Gasteiger partial charge in [-0.05, 0) is 29.8 Å². The summed E-state index contributed by atoms with van der Waals surface area (Å²) < 4.78 is 43.4. The molecule has 2 aliphatic heterocycles. The lowest BCUT2D eigenvalue weighted by Crippen LogP contribution is -2.49. The highest BCUT2D eigenvalue weighted by atomic mass is 19.4. The van der Waals surface area contributed by atoms with Crippen molar-refractivity contribution in [3.8, 4) is 0 Å². The minimum absolute atomic E-state index is 0.0895. The molecule has 2 saturated heterocycles. The molecule has 10 heteroatoms. The molecule has 1 aromatic carbocycles. The van der Waals surface area contributed by atoms with E-state index in [-0.39, 0.29) is 12.3 Å². The SMILES string of the molecule is O=C(Cc1ccc(C(F)(F)F)cc1)N1CCN(c2ccc(N3CCOCC3)nn2)CC1. The lowest BCUT2D eigenvalue weighted by atomic mass is 10.1. The number of anilines is 2. The van der Waals surface area contributed by atoms with Gasteiger partial charge in [0.2, 0.25) is 5.91 Å². The second-order valence-corrected chi connectivity index (χ2v) is 7.59. The number of carbonyl (C=O) groups is 1. The van der Waals surface area contributed by atoms with Crippen LogP contribution in [0.15, 0.2) is 36.4 Å². The zero-order valence-electron chi connectivity index (χ0n) is 17.0. The Labute approximate surface area is 178 Å². The van der Waals surface area contributed by atoms with Crippen molar-refractivity contribution in [1.29, 1.82) is 0 Å². The third-order valence-electron chi connectivity index (χ3n) is 5.56. The topological polar surface area (TPSA) is 61.8 Å². The molecule has 7 nitrogen and oxygen atoms in total. The van der Waals surface area contributed by atoms with Gasteiger partial charge >= 0.3 is 6.18 Å². The molecular weight excluding hydrogens is 411 g/mol. The lowest BCUT2D eigenvalue weighted by Gasteiger charge is -2.35. The first-order valence-electron chi connectivity index (χ1n) is 10.3. The summed E-state index contributed by atoms with van der Waals surface area (Å²) in [6.07, 6.45) is -4.28. The number of alkyl halides is 3. The normalized spacial score (nSPS) is 17.7. The van der Waals surface area contributed by atoms with Crippen LogP contribution in [0.4, 0.5) is 24.8 Å². The predicted octanol–water partition coefficient (Wildman–Crippen LogP) is 2.22. The van der Waals surface area contributed by atoms with Crippen LogP contribution in [0.2, 0.25) is 0 Å². The molecule has 1 aromatic heterocycles. The molecule has 0 unspecified atom stereocenters. The number of ether oxygens (including phenoxy) is 1. The molecule has 4 rings (SSSR count). The maximum absolute atomic E-state index is 12.7. The highest BCUT2D eigenvalue weighted by Crippen LogP contribution is 2.29. The molecule has 166 valence electrons. The molecule has 3 heterocycles. The van der Waals surface area contributed by atoms with E-state index in [0.29, 0.717) is 45.0 Å². The first-order chi connectivity index (χ1) is 14.9. The van der Waals surface area contributed by atoms with Crippen LogP contribution in [0, 0.1) is 0 Å². The van der Waals surface area contributed by atoms with Crippen molar-refractivity contribution in [3.05, 3.63) is 47.5 Å². The van der Waals surface area contributed by atoms with E-state index < -0.39 is 11.7 Å². The predicted molar refractivity (Wildman–Crippen MR) is 109 cm³/mol. The fourth-order valence-corrected chi connectivity index (χ4v) is 3.73. The van der Waals surface area contributed by atoms with Crippen molar-refractivity contribution in [1.82, 2.24) is 15.1 Å². The van der Waals surface area contributed by atoms with Crippen molar-refractivity contribution in [3.63, 3.8) is 0 Å². The minimum atomic E-state index is -4.37. The number of halogens is 3. The highest BCUT2D eigenvalue weighted by molar-refractivity contribution is 5.79. The van der Waals surface area contributed by atoms with Gasteiger partial charge in [0.05, 0.1) is 25.2 Å². The van der Waals surface area contributed by atoms with Gasteiger partial charge in [-0.1, -0.05) is 12.1 Å². The average Bonchev–Trinajstić information content (AvgIpc) is 2.80. The summed E-state index contributed by atoms with van der Waals surface area (Å²) in [6.45, 7) is 5.30. The first kappa shape index (κ1) is 21.4. The molecule has 0 spiro atoms. The number of carbonyl (C=O) groups excluding carboxylic acids is 1. The summed E-state index contributed by atoms with van der Waals surface area (Å²) in [6, 6.07) is 8.65. The van der Waals surface area contributed by atoms with Crippen LogP contribution in [-0.2, 0) is 22.1 Å². The number of nitrogens with zero attached hydrogens (tertiary/aromatic N) is 5. The van der Waals surface area contributed by atoms with Gasteiger partial charge in [0.1, 0.15) is 0 Å². The second kappa shape index (κ2) is 9.09. The second-order valence-electron chi connectivity index (χ2n) is 7.59. The molecule has 2 fully saturated rings. The lowest BCUT2D eigenvalue weighted by molar-refractivity contribution is -0.137. The molecular formula is C21H24F3N5O2. The van der Waals surface area contributed by atoms with Crippen LogP contribution < -0.4 is 9.80 Å². The molecule has 0 atom stereocenters. The van der Waals surface area contributed by atoms with Crippen molar-refractivity contribution in [2.75, 3.05) is 62.3 Å². The summed E-state index contributed by atoms with van der Waals surface area (Å²) in [7, 11) is 0. The van der Waals surface area contributed by atoms with Crippen molar-refractivity contribution < 1.29 is 22.7 Å². The van der Waals surface area contributed by atoms with Crippen LogP contribution in [0.3, 0.4) is 0 Å². The van der Waals surface area contributed by atoms with E-state index in [4.69, 9.17) is 4.74 Å². The van der Waals surface area contributed by atoms with Crippen LogP contribution in [0.5, 0.6) is 0 Å². The largest absolute Gasteiger partial charge is 0.416 e. The zero-order valence-corrected chi connectivity index (χ0v) is 17.0. The molecule has 0 bridgehead atoms. The Morgan fingerprint density at radius 3 is 1.90 bits per heavy atom. The number of hydrogen-bond donors (Lipinski definition) is 0. The molecule has 0 N–H and O–H groups in total. The summed E-state index contributed by atoms with van der Waals surface area (Å²) >= 11 is 0. The van der Waals surface area contributed by atoms with Gasteiger partial charge in [-0.3, -0.25) is 4.79 Å². The fraction of sp³-hybridized carbons (Fsp3) is 0.476. The van der Waals surface area contributed by atoms with Gasteiger partial charge in [0.25, 0.3) is 0 Å². The third kappa shape index (κ3) is 5.25. The van der Waals surface area contributed by atoms with Gasteiger partial charge in [0.15, 0.2) is 11.6 Å². The van der Waals surface area contributed by atoms with E-state index >= 15 is 0 Å². The molecule has 0 saturated carbocycles. The molecule has 2 aliphatic rings. The molecule has 0 aliphatic carbocycles. The van der Waals surface area contributed by atoms with E-state index in [2.05, 4.69) is 20.0 Å². The van der Waals surface area contributed by atoms with E-state index in [1.165, 1.54) is 12.1 Å². The first-order valence-corrected chi connectivity index (χ1v) is 10.3. The number of aromatic nitrogens is 2. The Hall–Kier alpha value is -2.88. The summed E-state index contributed by atoms with van der Waals surface area (Å²) in [5.41, 5.74) is -0.136. The molecule has 2 aromatic rings. The van der Waals surface area contributed by atoms with E-state index in [1.807, 2.05) is 12.1 Å². The van der Waals surface area contributed by atoms with Gasteiger partial charge in [-0.15, -0.1) is 10.2 Å². The number of amides is 1. The van der Waals surface area contributed by atoms with Gasteiger partial charge in [-0.25, -0.2) is 0 Å². The van der Waals surface area contributed by atoms with Crippen LogP contribution in [0.25, 0.3) is 0 Å². The molecule has 31 heavy (non-hydrogen) atoms. The monoisotopic (exact) mass is 435 g/mol. The Kier molecular flexibility index (Phi) is 6.26. The van der Waals surface area contributed by atoms with E-state index in [0.717, 1.165) is 36.9 Å².